The van der Waals surface area contributed by atoms with Gasteiger partial charge in [0.15, 0.2) is 0 Å². The third-order valence-electron chi connectivity index (χ3n) is 0.393. The molecular weight excluding hydrogens is 243 g/mol. The van der Waals surface area contributed by atoms with Crippen LogP contribution in [0.25, 0.3) is 0 Å². The molecule has 0 rings (SSSR count). The van der Waals surface area contributed by atoms with Gasteiger partial charge in [0.2, 0.25) is 0 Å². The summed E-state index contributed by atoms with van der Waals surface area (Å²) in [5.74, 6) is 0. The number of rotatable bonds is 1. The predicted octanol–water partition coefficient (Wildman–Crippen LogP) is 1.69. The van der Waals surface area contributed by atoms with Crippen LogP contribution in [0.15, 0.2) is 0 Å². The summed E-state index contributed by atoms with van der Waals surface area (Å²) >= 11 is 1.96. The lowest BCUT2D eigenvalue weighted by Gasteiger charge is -2.22. The summed E-state index contributed by atoms with van der Waals surface area (Å²) in [4.78, 5) is 0. The van der Waals surface area contributed by atoms with Crippen molar-refractivity contribution in [1.82, 2.24) is 0 Å². The molecule has 0 saturated carbocycles. The smallest absolute Gasteiger partial charge is 0.262 e. The molecule has 0 N–H and O–H groups in total. The molecule has 0 amide bonds. The van der Waals surface area contributed by atoms with Crippen LogP contribution in [0.4, 0.5) is 0 Å². The van der Waals surface area contributed by atoms with Crippen LogP contribution >= 0.6 is 30.3 Å². The van der Waals surface area contributed by atoms with Crippen molar-refractivity contribution >= 4 is 37.6 Å². The molecule has 1 atom stereocenters. The van der Waals surface area contributed by atoms with E-state index in [0.717, 1.165) is 0 Å². The maximum Gasteiger partial charge on any atom is 0.262 e. The van der Waals surface area contributed by atoms with Gasteiger partial charge in [0.1, 0.15) is 0 Å². The lowest BCUT2D eigenvalue weighted by molar-refractivity contribution is 0.623. The van der Waals surface area contributed by atoms with E-state index in [2.05, 4.69) is 0 Å². The third-order valence-corrected chi connectivity index (χ3v) is 13.2. The minimum absolute atomic E-state index is 0.630. The zero-order chi connectivity index (χ0) is 6.08. The Morgan fingerprint density at radius 1 is 1.43 bits per heavy atom. The molecular formula is C3H9IOS2. The maximum absolute atomic E-state index is 10.6. The molecule has 7 heavy (non-hydrogen) atoms. The monoisotopic (exact) mass is 252 g/mol. The molecule has 0 aliphatic rings. The van der Waals surface area contributed by atoms with Crippen molar-refractivity contribution in [2.75, 3.05) is 18.8 Å². The fraction of sp³-hybridized carbons (Fsp3) is 1.00. The average molecular weight is 252 g/mol. The first-order valence-electron chi connectivity index (χ1n) is 1.71. The Kier molecular flexibility index (Phi) is 3.35. The summed E-state index contributed by atoms with van der Waals surface area (Å²) in [5, 5.41) is 0. The van der Waals surface area contributed by atoms with Crippen molar-refractivity contribution in [2.24, 2.45) is 0 Å². The van der Waals surface area contributed by atoms with Gasteiger partial charge in [-0.3, -0.25) is 0 Å². The lowest BCUT2D eigenvalue weighted by atomic mass is 11.9. The zero-order valence-electron chi connectivity index (χ0n) is 4.60. The van der Waals surface area contributed by atoms with Crippen molar-refractivity contribution in [3.63, 3.8) is 0 Å². The van der Waals surface area contributed by atoms with Gasteiger partial charge in [-0.2, -0.15) is 0 Å². The molecule has 0 aromatic rings. The fourth-order valence-corrected chi connectivity index (χ4v) is 0. The van der Waals surface area contributed by atoms with Gasteiger partial charge in [-0.25, -0.2) is 0 Å². The molecule has 0 aromatic carbocycles. The minimum atomic E-state index is -0.782. The Hall–Kier alpha value is 1.39. The van der Waals surface area contributed by atoms with Crippen molar-refractivity contribution in [2.45, 2.75) is 0 Å². The van der Waals surface area contributed by atoms with E-state index in [-0.39, 0.29) is 0 Å². The van der Waals surface area contributed by atoms with Gasteiger partial charge in [-0.15, -0.1) is 0 Å². The normalized spacial score (nSPS) is 19.0. The second-order valence-corrected chi connectivity index (χ2v) is 13.9. The van der Waals surface area contributed by atoms with Crippen molar-refractivity contribution in [3.8, 4) is 0 Å². The van der Waals surface area contributed by atoms with Gasteiger partial charge in [0.25, 0.3) is 21.2 Å². The molecule has 0 aliphatic heterocycles. The van der Waals surface area contributed by atoms with Gasteiger partial charge in [-0.05, 0) is 0 Å². The molecule has 1 unspecified atom stereocenters. The summed E-state index contributed by atoms with van der Waals surface area (Å²) < 4.78 is 10.6. The van der Waals surface area contributed by atoms with E-state index < -0.39 is 16.4 Å². The first-order valence-corrected chi connectivity index (χ1v) is 8.78. The minimum Gasteiger partial charge on any atom is -0.599 e. The van der Waals surface area contributed by atoms with Crippen molar-refractivity contribution in [3.05, 3.63) is 0 Å². The third kappa shape index (κ3) is 3.93. The Labute approximate surface area is 60.7 Å². The molecule has 0 bridgehead atoms. The van der Waals surface area contributed by atoms with E-state index in [4.69, 9.17) is 0 Å². The SMILES string of the molecule is CS(C)(C)[S+]([O-])I. The van der Waals surface area contributed by atoms with E-state index in [9.17, 15) is 4.55 Å². The molecule has 0 fully saturated rings. The van der Waals surface area contributed by atoms with Gasteiger partial charge in [0.05, 0.1) is 7.38 Å². The van der Waals surface area contributed by atoms with E-state index in [1.165, 1.54) is 0 Å². The van der Waals surface area contributed by atoms with Crippen LogP contribution in [0, 0.1) is 0 Å². The highest BCUT2D eigenvalue weighted by atomic mass is 127. The van der Waals surface area contributed by atoms with Gasteiger partial charge < -0.3 is 4.55 Å². The van der Waals surface area contributed by atoms with Gasteiger partial charge in [-0.1, -0.05) is 9.06 Å². The second-order valence-electron chi connectivity index (χ2n) is 1.92. The highest BCUT2D eigenvalue weighted by molar-refractivity contribution is 14.2. The Morgan fingerprint density at radius 2 is 1.57 bits per heavy atom. The van der Waals surface area contributed by atoms with Crippen molar-refractivity contribution in [1.29, 1.82) is 0 Å². The predicted molar refractivity (Wildman–Crippen MR) is 47.5 cm³/mol. The van der Waals surface area contributed by atoms with Crippen LogP contribution in [0.2, 0.25) is 0 Å². The number of hydrogen-bond donors (Lipinski definition) is 0. The maximum atomic E-state index is 10.6. The second kappa shape index (κ2) is 2.80. The molecule has 0 saturated heterocycles. The largest absolute Gasteiger partial charge is 0.599 e. The molecule has 4 heteroatoms. The summed E-state index contributed by atoms with van der Waals surface area (Å²) in [7, 11) is -1.41. The number of hydrogen-bond acceptors (Lipinski definition) is 1. The van der Waals surface area contributed by atoms with Gasteiger partial charge in [0, 0.05) is 18.8 Å². The standard InChI is InChI=1S/C3H9IOS2/c1-7(2,3)6(4)5/h1-3H3. The molecule has 0 heterocycles. The highest BCUT2D eigenvalue weighted by Crippen LogP contribution is 2.46. The van der Waals surface area contributed by atoms with E-state index in [1.54, 1.807) is 0 Å². The zero-order valence-corrected chi connectivity index (χ0v) is 8.39. The lowest BCUT2D eigenvalue weighted by Crippen LogP contribution is -1.99. The van der Waals surface area contributed by atoms with E-state index in [0.29, 0.717) is 0 Å². The first-order chi connectivity index (χ1) is 2.94. The van der Waals surface area contributed by atoms with Crippen LogP contribution in [0.3, 0.4) is 0 Å². The quantitative estimate of drug-likeness (QED) is 0.395. The molecule has 0 aromatic heterocycles. The summed E-state index contributed by atoms with van der Waals surface area (Å²) in [6.45, 7) is 0. The Bertz CT molecular complexity index is 58.4. The molecule has 0 spiro atoms. The van der Waals surface area contributed by atoms with Crippen LogP contribution in [-0.2, 0) is 7.38 Å². The Balaban J connectivity index is 3.54. The van der Waals surface area contributed by atoms with E-state index in [1.807, 2.05) is 40.0 Å². The summed E-state index contributed by atoms with van der Waals surface area (Å²) in [6.07, 6.45) is 6.11. The van der Waals surface area contributed by atoms with Crippen molar-refractivity contribution < 1.29 is 4.55 Å². The van der Waals surface area contributed by atoms with E-state index >= 15 is 0 Å². The van der Waals surface area contributed by atoms with Crippen LogP contribution in [-0.4, -0.2) is 23.3 Å². The molecule has 0 radical (unpaired) electrons. The summed E-state index contributed by atoms with van der Waals surface area (Å²) in [6, 6.07) is 0. The molecule has 1 nitrogen and oxygen atoms in total. The molecule has 46 valence electrons. The fourth-order valence-electron chi connectivity index (χ4n) is 0. The van der Waals surface area contributed by atoms with Gasteiger partial charge >= 0.3 is 0 Å². The Morgan fingerprint density at radius 3 is 1.57 bits per heavy atom. The number of halogens is 1. The van der Waals surface area contributed by atoms with Crippen LogP contribution < -0.4 is 0 Å². The summed E-state index contributed by atoms with van der Waals surface area (Å²) in [5.41, 5.74) is 0. The topological polar surface area (TPSA) is 23.1 Å². The van der Waals surface area contributed by atoms with Crippen LogP contribution in [0.1, 0.15) is 0 Å². The first kappa shape index (κ1) is 8.39. The van der Waals surface area contributed by atoms with Crippen LogP contribution in [0.5, 0.6) is 0 Å². The molecule has 0 aliphatic carbocycles. The average Bonchev–Trinajstić information content (AvgIpc) is 1.31. The highest BCUT2D eigenvalue weighted by Gasteiger charge is 2.16.